The van der Waals surface area contributed by atoms with E-state index in [1.807, 2.05) is 0 Å². The van der Waals surface area contributed by atoms with Crippen LogP contribution in [0.3, 0.4) is 0 Å². The summed E-state index contributed by atoms with van der Waals surface area (Å²) >= 11 is 0. The number of rotatable bonds is 5. The quantitative estimate of drug-likeness (QED) is 0.670. The van der Waals surface area contributed by atoms with Crippen molar-refractivity contribution in [1.82, 2.24) is 0 Å². The van der Waals surface area contributed by atoms with Crippen molar-refractivity contribution in [2.45, 2.75) is 39.5 Å². The molecule has 0 spiro atoms. The highest BCUT2D eigenvalue weighted by atomic mass is 16.5. The second-order valence-corrected chi connectivity index (χ2v) is 9.49. The van der Waals surface area contributed by atoms with Gasteiger partial charge in [0.2, 0.25) is 0 Å². The second kappa shape index (κ2) is 6.96. The number of hydrogen-bond acceptors (Lipinski definition) is 6. The average molecular weight is 390 g/mol. The Morgan fingerprint density at radius 3 is 1.43 bits per heavy atom. The van der Waals surface area contributed by atoms with Crippen LogP contribution in [0.15, 0.2) is 0 Å². The van der Waals surface area contributed by atoms with Gasteiger partial charge < -0.3 is 9.47 Å². The first-order chi connectivity index (χ1) is 13.3. The molecule has 0 saturated heterocycles. The molecule has 0 aromatic heterocycles. The minimum Gasteiger partial charge on any atom is -0.469 e. The number of carbonyl (C=O) groups excluding carboxylic acids is 4. The van der Waals surface area contributed by atoms with E-state index in [-0.39, 0.29) is 59.0 Å². The van der Waals surface area contributed by atoms with Crippen LogP contribution in [0.5, 0.6) is 0 Å². The minimum absolute atomic E-state index is 0.106. The molecule has 6 heteroatoms. The number of fused-ring (bicyclic) bond motifs is 4. The van der Waals surface area contributed by atoms with Crippen LogP contribution in [0, 0.1) is 59.2 Å². The third kappa shape index (κ3) is 2.66. The van der Waals surface area contributed by atoms with Gasteiger partial charge in [-0.3, -0.25) is 19.2 Å². The highest BCUT2D eigenvalue weighted by Gasteiger charge is 2.64. The van der Waals surface area contributed by atoms with Crippen LogP contribution in [0.2, 0.25) is 0 Å². The number of hydrogen-bond donors (Lipinski definition) is 0. The molecule has 0 N–H and O–H groups in total. The van der Waals surface area contributed by atoms with Crippen molar-refractivity contribution in [1.29, 1.82) is 0 Å². The molecule has 0 amide bonds. The summed E-state index contributed by atoms with van der Waals surface area (Å²) < 4.78 is 10.0. The van der Waals surface area contributed by atoms with Crippen LogP contribution >= 0.6 is 0 Å². The molecule has 0 aliphatic heterocycles. The number of Topliss-reactive ketones (excluding diaryl/α,β-unsaturated/α-hetero) is 2. The van der Waals surface area contributed by atoms with Gasteiger partial charge in [0.1, 0.15) is 11.6 Å². The summed E-state index contributed by atoms with van der Waals surface area (Å²) in [4.78, 5) is 49.4. The molecule has 154 valence electrons. The minimum atomic E-state index is -0.445. The first kappa shape index (κ1) is 19.6. The Labute approximate surface area is 165 Å². The highest BCUT2D eigenvalue weighted by Crippen LogP contribution is 2.65. The van der Waals surface area contributed by atoms with Gasteiger partial charge in [-0.2, -0.15) is 0 Å². The largest absolute Gasteiger partial charge is 0.469 e. The maximum absolute atomic E-state index is 12.5. The van der Waals surface area contributed by atoms with Crippen molar-refractivity contribution < 1.29 is 28.7 Å². The monoisotopic (exact) mass is 390 g/mol. The van der Waals surface area contributed by atoms with Crippen molar-refractivity contribution in [3.05, 3.63) is 0 Å². The molecular formula is C22H30O6. The van der Waals surface area contributed by atoms with Crippen LogP contribution in [0.25, 0.3) is 0 Å². The SMILES string of the molecule is COC(=O)C1C2CC(C3CC4CC3C(C(C)=O)C4C(C)=O)C(C2)C1C(=O)OC. The number of esters is 2. The molecule has 4 aliphatic rings. The molecule has 4 fully saturated rings. The zero-order chi connectivity index (χ0) is 20.3. The fourth-order valence-electron chi connectivity index (χ4n) is 7.88. The molecule has 10 atom stereocenters. The van der Waals surface area contributed by atoms with Gasteiger partial charge in [-0.25, -0.2) is 0 Å². The third-order valence-corrected chi connectivity index (χ3v) is 8.55. The molecular weight excluding hydrogens is 360 g/mol. The van der Waals surface area contributed by atoms with Crippen molar-refractivity contribution in [2.24, 2.45) is 59.2 Å². The van der Waals surface area contributed by atoms with Crippen LogP contribution in [-0.2, 0) is 28.7 Å². The summed E-state index contributed by atoms with van der Waals surface area (Å²) in [7, 11) is 2.74. The van der Waals surface area contributed by atoms with E-state index in [0.717, 1.165) is 25.7 Å². The summed E-state index contributed by atoms with van der Waals surface area (Å²) in [6.45, 7) is 3.23. The third-order valence-electron chi connectivity index (χ3n) is 8.55. The number of ketones is 2. The van der Waals surface area contributed by atoms with Crippen molar-refractivity contribution in [3.63, 3.8) is 0 Å². The van der Waals surface area contributed by atoms with E-state index >= 15 is 0 Å². The maximum Gasteiger partial charge on any atom is 0.309 e. The number of ether oxygens (including phenoxy) is 2. The van der Waals surface area contributed by atoms with Gasteiger partial charge in [-0.15, -0.1) is 0 Å². The van der Waals surface area contributed by atoms with E-state index in [2.05, 4.69) is 0 Å². The molecule has 0 aromatic rings. The Bertz CT molecular complexity index is 714. The van der Waals surface area contributed by atoms with Crippen molar-refractivity contribution >= 4 is 23.5 Å². The predicted octanol–water partition coefficient (Wildman–Crippen LogP) is 2.29. The van der Waals surface area contributed by atoms with Crippen LogP contribution < -0.4 is 0 Å². The van der Waals surface area contributed by atoms with Crippen LogP contribution in [-0.4, -0.2) is 37.7 Å². The maximum atomic E-state index is 12.5. The Balaban J connectivity index is 1.59. The normalized spacial score (nSPS) is 45.9. The van der Waals surface area contributed by atoms with E-state index in [0.29, 0.717) is 11.8 Å². The lowest BCUT2D eigenvalue weighted by Crippen LogP contribution is -2.44. The Morgan fingerprint density at radius 2 is 0.964 bits per heavy atom. The van der Waals surface area contributed by atoms with Gasteiger partial charge in [0.15, 0.2) is 0 Å². The lowest BCUT2D eigenvalue weighted by molar-refractivity contribution is -0.162. The van der Waals surface area contributed by atoms with Crippen LogP contribution in [0.4, 0.5) is 0 Å². The molecule has 4 saturated carbocycles. The Hall–Kier alpha value is -1.72. The summed E-state index contributed by atoms with van der Waals surface area (Å²) in [5.41, 5.74) is 0. The standard InChI is InChI=1S/C22H30O6/c1-9(23)17-11-5-13(15(7-11)18(17)10(2)24)14-6-12-8-16(14)20(22(26)28-4)19(12)21(25)27-3/h11-20H,5-8H2,1-4H3. The molecule has 0 aromatic carbocycles. The van der Waals surface area contributed by atoms with Gasteiger partial charge in [-0.05, 0) is 75.0 Å². The lowest BCUT2D eigenvalue weighted by Gasteiger charge is -2.42. The van der Waals surface area contributed by atoms with Gasteiger partial charge in [0.05, 0.1) is 26.1 Å². The summed E-state index contributed by atoms with van der Waals surface area (Å²) in [6.07, 6.45) is 3.65. The molecule has 10 unspecified atom stereocenters. The number of methoxy groups -OCH3 is 2. The lowest BCUT2D eigenvalue weighted by atomic mass is 9.61. The molecule has 0 radical (unpaired) electrons. The zero-order valence-electron chi connectivity index (χ0n) is 17.1. The first-order valence-corrected chi connectivity index (χ1v) is 10.5. The van der Waals surface area contributed by atoms with E-state index in [4.69, 9.17) is 9.47 Å². The second-order valence-electron chi connectivity index (χ2n) is 9.49. The van der Waals surface area contributed by atoms with E-state index < -0.39 is 11.8 Å². The fraction of sp³-hybridized carbons (Fsp3) is 0.818. The molecule has 28 heavy (non-hydrogen) atoms. The fourth-order valence-corrected chi connectivity index (χ4v) is 7.88. The highest BCUT2D eigenvalue weighted by molar-refractivity contribution is 5.89. The Morgan fingerprint density at radius 1 is 0.571 bits per heavy atom. The van der Waals surface area contributed by atoms with Crippen molar-refractivity contribution in [3.8, 4) is 0 Å². The molecule has 6 nitrogen and oxygen atoms in total. The molecule has 4 aliphatic carbocycles. The molecule has 4 rings (SSSR count). The zero-order valence-corrected chi connectivity index (χ0v) is 17.1. The van der Waals surface area contributed by atoms with E-state index in [1.54, 1.807) is 13.8 Å². The first-order valence-electron chi connectivity index (χ1n) is 10.5. The predicted molar refractivity (Wildman–Crippen MR) is 98.8 cm³/mol. The summed E-state index contributed by atoms with van der Waals surface area (Å²) in [5.74, 6) is -0.0863. The van der Waals surface area contributed by atoms with Gasteiger partial charge in [0.25, 0.3) is 0 Å². The summed E-state index contributed by atoms with van der Waals surface area (Å²) in [6, 6.07) is 0. The topological polar surface area (TPSA) is 86.7 Å². The number of carbonyl (C=O) groups is 4. The van der Waals surface area contributed by atoms with Gasteiger partial charge in [0, 0.05) is 11.8 Å². The Kier molecular flexibility index (Phi) is 4.87. The average Bonchev–Trinajstić information content (AvgIpc) is 3.42. The molecule has 4 bridgehead atoms. The molecule has 0 heterocycles. The van der Waals surface area contributed by atoms with Gasteiger partial charge >= 0.3 is 11.9 Å². The van der Waals surface area contributed by atoms with Crippen LogP contribution in [0.1, 0.15) is 39.5 Å². The van der Waals surface area contributed by atoms with Gasteiger partial charge in [-0.1, -0.05) is 0 Å². The summed E-state index contributed by atoms with van der Waals surface area (Å²) in [5, 5.41) is 0. The van der Waals surface area contributed by atoms with E-state index in [1.165, 1.54) is 14.2 Å². The smallest absolute Gasteiger partial charge is 0.309 e. The van der Waals surface area contributed by atoms with E-state index in [9.17, 15) is 19.2 Å². The van der Waals surface area contributed by atoms with Crippen molar-refractivity contribution in [2.75, 3.05) is 14.2 Å².